The fourth-order valence-corrected chi connectivity index (χ4v) is 4.07. The van der Waals surface area contributed by atoms with Crippen LogP contribution in [0.4, 0.5) is 5.69 Å². The zero-order valence-electron chi connectivity index (χ0n) is 15.3. The first-order valence-electron chi connectivity index (χ1n) is 9.26. The number of anilines is 1. The maximum Gasteiger partial charge on any atom is 0.241 e. The molecule has 0 bridgehead atoms. The second kappa shape index (κ2) is 7.56. The molecule has 4 nitrogen and oxygen atoms in total. The van der Waals surface area contributed by atoms with E-state index in [2.05, 4.69) is 24.9 Å². The molecule has 132 valence electrons. The van der Waals surface area contributed by atoms with Gasteiger partial charge in [0.1, 0.15) is 5.75 Å². The molecule has 0 aromatic heterocycles. The van der Waals surface area contributed by atoms with Gasteiger partial charge in [-0.05, 0) is 75.3 Å². The fourth-order valence-electron chi connectivity index (χ4n) is 4.07. The Kier molecular flexibility index (Phi) is 5.44. The van der Waals surface area contributed by atoms with Gasteiger partial charge in [-0.2, -0.15) is 0 Å². The van der Waals surface area contributed by atoms with Gasteiger partial charge >= 0.3 is 0 Å². The van der Waals surface area contributed by atoms with Crippen LogP contribution in [0.15, 0.2) is 18.2 Å². The van der Waals surface area contributed by atoms with Crippen LogP contribution in [0, 0.1) is 5.92 Å². The van der Waals surface area contributed by atoms with Crippen molar-refractivity contribution in [2.75, 3.05) is 32.1 Å². The fraction of sp³-hybridized carbons (Fsp3) is 0.650. The minimum absolute atomic E-state index is 0.224. The van der Waals surface area contributed by atoms with Crippen molar-refractivity contribution in [2.45, 2.75) is 51.5 Å². The predicted octanol–water partition coefficient (Wildman–Crippen LogP) is 3.48. The van der Waals surface area contributed by atoms with E-state index in [9.17, 15) is 4.79 Å². The van der Waals surface area contributed by atoms with E-state index in [1.54, 1.807) is 7.11 Å². The Labute approximate surface area is 145 Å². The highest BCUT2D eigenvalue weighted by molar-refractivity contribution is 5.96. The number of hydrogen-bond donors (Lipinski definition) is 0. The van der Waals surface area contributed by atoms with Gasteiger partial charge in [0.25, 0.3) is 0 Å². The summed E-state index contributed by atoms with van der Waals surface area (Å²) in [5.74, 6) is 1.94. The summed E-state index contributed by atoms with van der Waals surface area (Å²) in [6.45, 7) is 3.68. The number of methoxy groups -OCH3 is 1. The Bertz CT molecular complexity index is 579. The standard InChI is InChI=1S/C20H30N2O2/c1-15-6-8-17(9-7-15)21(2)14-20(23)22-12-4-5-16-13-18(24-3)10-11-19(16)22/h10-11,13,15,17H,4-9,12,14H2,1-3H3. The lowest BCUT2D eigenvalue weighted by molar-refractivity contribution is -0.120. The number of nitrogens with zero attached hydrogens (tertiary/aromatic N) is 2. The molecule has 1 amide bonds. The van der Waals surface area contributed by atoms with Crippen LogP contribution in [-0.2, 0) is 11.2 Å². The van der Waals surface area contributed by atoms with E-state index < -0.39 is 0 Å². The van der Waals surface area contributed by atoms with Crippen molar-refractivity contribution in [3.05, 3.63) is 23.8 Å². The summed E-state index contributed by atoms with van der Waals surface area (Å²) >= 11 is 0. The largest absolute Gasteiger partial charge is 0.497 e. The highest BCUT2D eigenvalue weighted by Gasteiger charge is 2.27. The summed E-state index contributed by atoms with van der Waals surface area (Å²) in [5, 5.41) is 0. The molecule has 1 heterocycles. The molecule has 1 aromatic rings. The normalized spacial score (nSPS) is 23.9. The number of rotatable bonds is 4. The van der Waals surface area contributed by atoms with Gasteiger partial charge in [0, 0.05) is 18.3 Å². The molecule has 4 heteroatoms. The molecule has 0 radical (unpaired) electrons. The average molecular weight is 330 g/mol. The SMILES string of the molecule is COc1ccc2c(c1)CCCN2C(=O)CN(C)C1CCC(C)CC1. The first-order valence-corrected chi connectivity index (χ1v) is 9.26. The molecular weight excluding hydrogens is 300 g/mol. The Hall–Kier alpha value is -1.55. The second-order valence-corrected chi connectivity index (χ2v) is 7.47. The molecule has 0 unspecified atom stereocenters. The lowest BCUT2D eigenvalue weighted by Crippen LogP contribution is -2.45. The number of carbonyl (C=O) groups is 1. The molecule has 0 saturated heterocycles. The molecule has 0 atom stereocenters. The zero-order valence-corrected chi connectivity index (χ0v) is 15.3. The van der Waals surface area contributed by atoms with E-state index in [0.717, 1.165) is 36.7 Å². The number of fused-ring (bicyclic) bond motifs is 1. The third-order valence-corrected chi connectivity index (χ3v) is 5.70. The van der Waals surface area contributed by atoms with Gasteiger partial charge in [-0.15, -0.1) is 0 Å². The van der Waals surface area contributed by atoms with Crippen LogP contribution in [-0.4, -0.2) is 44.1 Å². The van der Waals surface area contributed by atoms with E-state index in [4.69, 9.17) is 4.74 Å². The topological polar surface area (TPSA) is 32.8 Å². The van der Waals surface area contributed by atoms with E-state index in [1.807, 2.05) is 17.0 Å². The predicted molar refractivity (Wildman–Crippen MR) is 97.7 cm³/mol. The van der Waals surface area contributed by atoms with Gasteiger partial charge in [-0.25, -0.2) is 0 Å². The molecule has 1 aromatic carbocycles. The minimum Gasteiger partial charge on any atom is -0.497 e. The minimum atomic E-state index is 0.224. The van der Waals surface area contributed by atoms with Crippen molar-refractivity contribution in [1.29, 1.82) is 0 Å². The van der Waals surface area contributed by atoms with E-state index in [1.165, 1.54) is 31.2 Å². The Morgan fingerprint density at radius 1 is 1.29 bits per heavy atom. The van der Waals surface area contributed by atoms with Crippen molar-refractivity contribution in [3.8, 4) is 5.75 Å². The summed E-state index contributed by atoms with van der Waals surface area (Å²) in [6.07, 6.45) is 7.06. The van der Waals surface area contributed by atoms with Crippen LogP contribution in [0.25, 0.3) is 0 Å². The number of likely N-dealkylation sites (N-methyl/N-ethyl adjacent to an activating group) is 1. The number of benzene rings is 1. The molecule has 1 aliphatic heterocycles. The molecule has 0 N–H and O–H groups in total. The van der Waals surface area contributed by atoms with Gasteiger partial charge in [-0.1, -0.05) is 6.92 Å². The molecule has 1 aliphatic carbocycles. The summed E-state index contributed by atoms with van der Waals surface area (Å²) < 4.78 is 5.32. The van der Waals surface area contributed by atoms with Crippen molar-refractivity contribution in [2.24, 2.45) is 5.92 Å². The Morgan fingerprint density at radius 3 is 2.75 bits per heavy atom. The monoisotopic (exact) mass is 330 g/mol. The molecule has 1 fully saturated rings. The van der Waals surface area contributed by atoms with Crippen LogP contribution >= 0.6 is 0 Å². The van der Waals surface area contributed by atoms with Crippen LogP contribution in [0.5, 0.6) is 5.75 Å². The first-order chi connectivity index (χ1) is 11.6. The number of carbonyl (C=O) groups excluding carboxylic acids is 1. The smallest absolute Gasteiger partial charge is 0.241 e. The molecule has 2 aliphatic rings. The number of ether oxygens (including phenoxy) is 1. The lowest BCUT2D eigenvalue weighted by atomic mass is 9.87. The van der Waals surface area contributed by atoms with Gasteiger partial charge in [0.2, 0.25) is 5.91 Å². The van der Waals surface area contributed by atoms with Gasteiger partial charge in [0.05, 0.1) is 13.7 Å². The third-order valence-electron chi connectivity index (χ3n) is 5.70. The summed E-state index contributed by atoms with van der Waals surface area (Å²) in [7, 11) is 3.80. The molecule has 0 spiro atoms. The maximum absolute atomic E-state index is 12.9. The van der Waals surface area contributed by atoms with Gasteiger partial charge in [0.15, 0.2) is 0 Å². The average Bonchev–Trinajstić information content (AvgIpc) is 2.61. The van der Waals surface area contributed by atoms with Crippen molar-refractivity contribution in [1.82, 2.24) is 4.90 Å². The van der Waals surface area contributed by atoms with Gasteiger partial charge in [-0.3, -0.25) is 9.69 Å². The molecule has 3 rings (SSSR count). The molecule has 1 saturated carbocycles. The molecular formula is C20H30N2O2. The molecule has 24 heavy (non-hydrogen) atoms. The van der Waals surface area contributed by atoms with Crippen LogP contribution < -0.4 is 9.64 Å². The number of amides is 1. The van der Waals surface area contributed by atoms with Crippen LogP contribution in [0.2, 0.25) is 0 Å². The van der Waals surface area contributed by atoms with Gasteiger partial charge < -0.3 is 9.64 Å². The zero-order chi connectivity index (χ0) is 17.1. The Balaban J connectivity index is 1.66. The number of hydrogen-bond acceptors (Lipinski definition) is 3. The first kappa shape index (κ1) is 17.3. The van der Waals surface area contributed by atoms with E-state index in [-0.39, 0.29) is 5.91 Å². The van der Waals surface area contributed by atoms with E-state index >= 15 is 0 Å². The van der Waals surface area contributed by atoms with Crippen LogP contribution in [0.3, 0.4) is 0 Å². The lowest BCUT2D eigenvalue weighted by Gasteiger charge is -2.35. The Morgan fingerprint density at radius 2 is 2.04 bits per heavy atom. The summed E-state index contributed by atoms with van der Waals surface area (Å²) in [4.78, 5) is 17.1. The highest BCUT2D eigenvalue weighted by Crippen LogP contribution is 2.31. The van der Waals surface area contributed by atoms with Crippen LogP contribution in [0.1, 0.15) is 44.6 Å². The highest BCUT2D eigenvalue weighted by atomic mass is 16.5. The second-order valence-electron chi connectivity index (χ2n) is 7.47. The summed E-state index contributed by atoms with van der Waals surface area (Å²) in [5.41, 5.74) is 2.29. The van der Waals surface area contributed by atoms with Crippen molar-refractivity contribution < 1.29 is 9.53 Å². The third kappa shape index (κ3) is 3.75. The number of aryl methyl sites for hydroxylation is 1. The maximum atomic E-state index is 12.9. The quantitative estimate of drug-likeness (QED) is 0.847. The van der Waals surface area contributed by atoms with Crippen molar-refractivity contribution >= 4 is 11.6 Å². The summed E-state index contributed by atoms with van der Waals surface area (Å²) in [6, 6.07) is 6.62. The van der Waals surface area contributed by atoms with Crippen molar-refractivity contribution in [3.63, 3.8) is 0 Å². The van der Waals surface area contributed by atoms with E-state index in [0.29, 0.717) is 12.6 Å².